The monoisotopic (exact) mass is 486 g/mol. The summed E-state index contributed by atoms with van der Waals surface area (Å²) in [6.07, 6.45) is 2.00. The van der Waals surface area contributed by atoms with Crippen LogP contribution in [0.25, 0.3) is 0 Å². The van der Waals surface area contributed by atoms with Crippen LogP contribution in [0.15, 0.2) is 42.5 Å². The number of hydrogen-bond acceptors (Lipinski definition) is 4. The average molecular weight is 487 g/mol. The van der Waals surface area contributed by atoms with Crippen molar-refractivity contribution in [3.63, 3.8) is 0 Å². The van der Waals surface area contributed by atoms with Crippen LogP contribution in [0.1, 0.15) is 65.0 Å². The summed E-state index contributed by atoms with van der Waals surface area (Å²) in [5.74, 6) is 0.690. The van der Waals surface area contributed by atoms with Gasteiger partial charge in [-0.25, -0.2) is 4.39 Å². The summed E-state index contributed by atoms with van der Waals surface area (Å²) in [7, 11) is 0. The van der Waals surface area contributed by atoms with E-state index in [1.54, 1.807) is 17.0 Å². The van der Waals surface area contributed by atoms with Gasteiger partial charge in [0.15, 0.2) is 11.5 Å². The molecule has 7 heteroatoms. The molecule has 192 valence electrons. The van der Waals surface area contributed by atoms with Crippen molar-refractivity contribution in [3.8, 4) is 11.5 Å². The van der Waals surface area contributed by atoms with Crippen LogP contribution >= 0.6 is 0 Å². The number of ether oxygens (including phenoxy) is 2. The van der Waals surface area contributed by atoms with Gasteiger partial charge in [-0.1, -0.05) is 32.0 Å². The topological polar surface area (TPSA) is 67.9 Å². The molecule has 0 unspecified atom stereocenters. The highest BCUT2D eigenvalue weighted by Crippen LogP contribution is 2.29. The zero-order chi connectivity index (χ0) is 25.8. The second kappa shape index (κ2) is 14.3. The number of carbonyl (C=O) groups excluding carboxylic acids is 2. The first kappa shape index (κ1) is 28.1. The molecule has 2 aromatic rings. The summed E-state index contributed by atoms with van der Waals surface area (Å²) in [5.41, 5.74) is 1.72. The van der Waals surface area contributed by atoms with Crippen LogP contribution in [0.4, 0.5) is 4.39 Å². The number of hydrogen-bond donors (Lipinski definition) is 1. The molecule has 6 nitrogen and oxygen atoms in total. The lowest BCUT2D eigenvalue weighted by Gasteiger charge is -2.31. The molecular formula is C28H39FN2O4. The van der Waals surface area contributed by atoms with E-state index in [1.165, 1.54) is 12.1 Å². The number of halogens is 1. The molecule has 0 saturated heterocycles. The molecule has 0 aliphatic heterocycles. The van der Waals surface area contributed by atoms with Gasteiger partial charge in [0.1, 0.15) is 11.9 Å². The molecule has 1 N–H and O–H groups in total. The molecule has 0 spiro atoms. The van der Waals surface area contributed by atoms with Crippen LogP contribution in [0.2, 0.25) is 0 Å². The van der Waals surface area contributed by atoms with Crippen LogP contribution in [0, 0.1) is 5.82 Å². The predicted molar refractivity (Wildman–Crippen MR) is 136 cm³/mol. The Balaban J connectivity index is 2.23. The van der Waals surface area contributed by atoms with Crippen molar-refractivity contribution in [1.82, 2.24) is 10.2 Å². The molecular weight excluding hydrogens is 447 g/mol. The molecule has 2 atom stereocenters. The maximum absolute atomic E-state index is 13.4. The number of nitrogens with zero attached hydrogens (tertiary/aromatic N) is 1. The lowest BCUT2D eigenvalue weighted by Crippen LogP contribution is -2.50. The Morgan fingerprint density at radius 1 is 0.914 bits per heavy atom. The van der Waals surface area contributed by atoms with E-state index in [0.717, 1.165) is 17.5 Å². The third-order valence-corrected chi connectivity index (χ3v) is 5.89. The highest BCUT2D eigenvalue weighted by Gasteiger charge is 2.29. The van der Waals surface area contributed by atoms with Crippen molar-refractivity contribution in [3.05, 3.63) is 59.4 Å². The maximum Gasteiger partial charge on any atom is 0.243 e. The maximum atomic E-state index is 13.4. The summed E-state index contributed by atoms with van der Waals surface area (Å²) in [6.45, 7) is 10.9. The fourth-order valence-electron chi connectivity index (χ4n) is 3.79. The van der Waals surface area contributed by atoms with Gasteiger partial charge in [0, 0.05) is 19.0 Å². The highest BCUT2D eigenvalue weighted by molar-refractivity contribution is 5.88. The molecule has 35 heavy (non-hydrogen) atoms. The zero-order valence-electron chi connectivity index (χ0n) is 21.6. The van der Waals surface area contributed by atoms with Crippen LogP contribution in [-0.4, -0.2) is 42.0 Å². The van der Waals surface area contributed by atoms with Crippen molar-refractivity contribution in [2.75, 3.05) is 13.2 Å². The van der Waals surface area contributed by atoms with Gasteiger partial charge in [-0.3, -0.25) is 9.59 Å². The number of benzene rings is 2. The van der Waals surface area contributed by atoms with Gasteiger partial charge in [-0.15, -0.1) is 0 Å². The molecule has 0 heterocycles. The van der Waals surface area contributed by atoms with E-state index in [9.17, 15) is 14.0 Å². The van der Waals surface area contributed by atoms with Gasteiger partial charge in [-0.2, -0.15) is 0 Å². The fourth-order valence-corrected chi connectivity index (χ4v) is 3.79. The van der Waals surface area contributed by atoms with Crippen molar-refractivity contribution < 1.29 is 23.5 Å². The van der Waals surface area contributed by atoms with E-state index in [0.29, 0.717) is 37.6 Å². The summed E-state index contributed by atoms with van der Waals surface area (Å²) in [4.78, 5) is 28.1. The Kier molecular flexibility index (Phi) is 11.5. The van der Waals surface area contributed by atoms with Crippen molar-refractivity contribution >= 4 is 11.8 Å². The van der Waals surface area contributed by atoms with E-state index in [2.05, 4.69) is 5.32 Å². The molecule has 0 aliphatic rings. The lowest BCUT2D eigenvalue weighted by molar-refractivity contribution is -0.141. The standard InChI is InChI=1S/C28H39FN2O4/c1-6-20(5)30-28(33)24(7-2)31(19-22-10-14-23(29)15-11-22)27(32)17-13-21-12-16-25(34-8-3)26(18-21)35-9-4/h10-12,14-16,18,20,24H,6-9,13,17,19H2,1-5H3,(H,30,33)/t20-,24+/m0/s1. The Hall–Kier alpha value is -3.09. The minimum Gasteiger partial charge on any atom is -0.490 e. The Morgan fingerprint density at radius 2 is 1.54 bits per heavy atom. The Labute approximate surface area is 208 Å². The van der Waals surface area contributed by atoms with Crippen molar-refractivity contribution in [2.24, 2.45) is 0 Å². The lowest BCUT2D eigenvalue weighted by atomic mass is 10.1. The first-order valence-corrected chi connectivity index (χ1v) is 12.6. The molecule has 2 aromatic carbocycles. The molecule has 2 amide bonds. The molecule has 0 saturated carbocycles. The van der Waals surface area contributed by atoms with E-state index in [4.69, 9.17) is 9.47 Å². The van der Waals surface area contributed by atoms with E-state index in [1.807, 2.05) is 52.8 Å². The van der Waals surface area contributed by atoms with Crippen molar-refractivity contribution in [2.45, 2.75) is 78.9 Å². The predicted octanol–water partition coefficient (Wildman–Crippen LogP) is 5.28. The first-order chi connectivity index (χ1) is 16.8. The molecule has 0 aliphatic carbocycles. The molecule has 0 bridgehead atoms. The molecule has 0 aromatic heterocycles. The van der Waals surface area contributed by atoms with E-state index < -0.39 is 6.04 Å². The number of rotatable bonds is 14. The summed E-state index contributed by atoms with van der Waals surface area (Å²) in [6, 6.07) is 11.1. The van der Waals surface area contributed by atoms with Crippen LogP contribution in [0.3, 0.4) is 0 Å². The third kappa shape index (κ3) is 8.57. The van der Waals surface area contributed by atoms with Crippen LogP contribution < -0.4 is 14.8 Å². The van der Waals surface area contributed by atoms with Crippen molar-refractivity contribution in [1.29, 1.82) is 0 Å². The number of carbonyl (C=O) groups is 2. The van der Waals surface area contributed by atoms with E-state index in [-0.39, 0.29) is 36.6 Å². The van der Waals surface area contributed by atoms with Gasteiger partial charge in [-0.05, 0) is 75.4 Å². The third-order valence-electron chi connectivity index (χ3n) is 5.89. The molecule has 0 fully saturated rings. The van der Waals surface area contributed by atoms with Crippen LogP contribution in [-0.2, 0) is 22.6 Å². The smallest absolute Gasteiger partial charge is 0.243 e. The summed E-state index contributed by atoms with van der Waals surface area (Å²) in [5, 5.41) is 3.00. The quantitative estimate of drug-likeness (QED) is 0.395. The molecule has 2 rings (SSSR count). The second-order valence-corrected chi connectivity index (χ2v) is 8.54. The minimum atomic E-state index is -0.610. The summed E-state index contributed by atoms with van der Waals surface area (Å²) < 4.78 is 24.8. The largest absolute Gasteiger partial charge is 0.490 e. The van der Waals surface area contributed by atoms with Gasteiger partial charge in [0.05, 0.1) is 13.2 Å². The van der Waals surface area contributed by atoms with E-state index >= 15 is 0 Å². The van der Waals surface area contributed by atoms with Gasteiger partial charge in [0.2, 0.25) is 11.8 Å². The number of nitrogens with one attached hydrogen (secondary N) is 1. The number of aryl methyl sites for hydroxylation is 1. The first-order valence-electron chi connectivity index (χ1n) is 12.6. The number of amides is 2. The minimum absolute atomic E-state index is 0.0140. The summed E-state index contributed by atoms with van der Waals surface area (Å²) >= 11 is 0. The molecule has 0 radical (unpaired) electrons. The normalized spacial score (nSPS) is 12.5. The van der Waals surface area contributed by atoms with Gasteiger partial charge in [0.25, 0.3) is 0 Å². The highest BCUT2D eigenvalue weighted by atomic mass is 19.1. The van der Waals surface area contributed by atoms with Crippen LogP contribution in [0.5, 0.6) is 11.5 Å². The Morgan fingerprint density at radius 3 is 2.14 bits per heavy atom. The van der Waals surface area contributed by atoms with Gasteiger partial charge >= 0.3 is 0 Å². The zero-order valence-corrected chi connectivity index (χ0v) is 21.6. The fraction of sp³-hybridized carbons (Fsp3) is 0.500. The SMILES string of the molecule is CCOc1ccc(CCC(=O)N(Cc2ccc(F)cc2)[C@H](CC)C(=O)N[C@@H](C)CC)cc1OCC. The Bertz CT molecular complexity index is 948. The second-order valence-electron chi connectivity index (χ2n) is 8.54. The van der Waals surface area contributed by atoms with Gasteiger partial charge < -0.3 is 19.7 Å². The average Bonchev–Trinajstić information content (AvgIpc) is 2.85.